The molecule has 0 radical (unpaired) electrons. The number of nitrogens with one attached hydrogen (secondary N) is 1. The lowest BCUT2D eigenvalue weighted by Crippen LogP contribution is -2.25. The van der Waals surface area contributed by atoms with Gasteiger partial charge in [-0.15, -0.1) is 0 Å². The molecule has 0 aliphatic heterocycles. The Labute approximate surface area is 130 Å². The molecule has 0 saturated heterocycles. The maximum absolute atomic E-state index is 12.1. The van der Waals surface area contributed by atoms with Gasteiger partial charge in [0.25, 0.3) is 5.91 Å². The van der Waals surface area contributed by atoms with Crippen molar-refractivity contribution < 1.29 is 4.79 Å². The highest BCUT2D eigenvalue weighted by Gasteiger charge is 2.05. The Bertz CT molecular complexity index is 685. The Hall–Kier alpha value is -2.94. The highest BCUT2D eigenvalue weighted by molar-refractivity contribution is 5.94. The van der Waals surface area contributed by atoms with E-state index in [4.69, 9.17) is 0 Å². The van der Waals surface area contributed by atoms with Crippen molar-refractivity contribution in [3.63, 3.8) is 0 Å². The Morgan fingerprint density at radius 1 is 1.05 bits per heavy atom. The van der Waals surface area contributed by atoms with E-state index in [1.807, 2.05) is 42.5 Å². The molecule has 3 heteroatoms. The molecule has 0 aliphatic carbocycles. The van der Waals surface area contributed by atoms with Crippen molar-refractivity contribution in [2.75, 3.05) is 6.54 Å². The summed E-state index contributed by atoms with van der Waals surface area (Å²) in [5.41, 5.74) is 3.67. The highest BCUT2D eigenvalue weighted by Crippen LogP contribution is 2.18. The molecule has 2 aromatic rings. The number of hydrogen-bond donors (Lipinski definition) is 1. The normalized spacial score (nSPS) is 10.8. The first-order chi connectivity index (χ1) is 10.7. The molecular formula is C19H18N2O. The summed E-state index contributed by atoms with van der Waals surface area (Å²) < 4.78 is 0. The van der Waals surface area contributed by atoms with Crippen LogP contribution in [-0.2, 0) is 0 Å². The van der Waals surface area contributed by atoms with E-state index < -0.39 is 0 Å². The van der Waals surface area contributed by atoms with Gasteiger partial charge in [0.15, 0.2) is 0 Å². The molecule has 2 rings (SSSR count). The molecule has 3 nitrogen and oxygen atoms in total. The van der Waals surface area contributed by atoms with Crippen LogP contribution in [0.2, 0.25) is 0 Å². The van der Waals surface area contributed by atoms with Crippen LogP contribution in [0.5, 0.6) is 0 Å². The van der Waals surface area contributed by atoms with Crippen molar-refractivity contribution in [1.82, 2.24) is 10.3 Å². The summed E-state index contributed by atoms with van der Waals surface area (Å²) in [4.78, 5) is 16.1. The number of carbonyl (C=O) groups excluding carboxylic acids is 1. The van der Waals surface area contributed by atoms with Crippen LogP contribution in [0, 0.1) is 0 Å². The highest BCUT2D eigenvalue weighted by atomic mass is 16.1. The smallest absolute Gasteiger partial charge is 0.251 e. The van der Waals surface area contributed by atoms with Crippen LogP contribution in [0.3, 0.4) is 0 Å². The molecule has 1 aromatic heterocycles. The van der Waals surface area contributed by atoms with E-state index in [2.05, 4.69) is 23.5 Å². The molecule has 1 N–H and O–H groups in total. The van der Waals surface area contributed by atoms with Crippen LogP contribution in [0.15, 0.2) is 85.8 Å². The van der Waals surface area contributed by atoms with Crippen LogP contribution in [0.25, 0.3) is 11.1 Å². The fraction of sp³-hybridized carbons (Fsp3) is 0.0526. The molecule has 0 saturated carbocycles. The van der Waals surface area contributed by atoms with Gasteiger partial charge in [0, 0.05) is 24.5 Å². The zero-order valence-electron chi connectivity index (χ0n) is 12.3. The summed E-state index contributed by atoms with van der Waals surface area (Å²) in [7, 11) is 0. The minimum atomic E-state index is -0.113. The zero-order valence-corrected chi connectivity index (χ0v) is 12.3. The molecule has 1 amide bonds. The van der Waals surface area contributed by atoms with Crippen molar-refractivity contribution in [3.8, 4) is 11.1 Å². The summed E-state index contributed by atoms with van der Waals surface area (Å²) in [6.45, 7) is 7.76. The second-order valence-corrected chi connectivity index (χ2v) is 4.68. The van der Waals surface area contributed by atoms with Crippen molar-refractivity contribution in [2.45, 2.75) is 0 Å². The number of amides is 1. The Morgan fingerprint density at radius 2 is 1.68 bits per heavy atom. The number of benzene rings is 1. The Kier molecular flexibility index (Phi) is 5.44. The van der Waals surface area contributed by atoms with Gasteiger partial charge in [0.1, 0.15) is 0 Å². The fourth-order valence-electron chi connectivity index (χ4n) is 1.99. The van der Waals surface area contributed by atoms with Gasteiger partial charge in [-0.3, -0.25) is 9.78 Å². The van der Waals surface area contributed by atoms with E-state index in [9.17, 15) is 4.79 Å². The van der Waals surface area contributed by atoms with E-state index in [0.717, 1.165) is 16.7 Å². The van der Waals surface area contributed by atoms with E-state index >= 15 is 0 Å². The quantitative estimate of drug-likeness (QED) is 0.823. The summed E-state index contributed by atoms with van der Waals surface area (Å²) in [5.74, 6) is -0.113. The predicted octanol–water partition coefficient (Wildman–Crippen LogP) is 3.78. The van der Waals surface area contributed by atoms with Crippen LogP contribution >= 0.6 is 0 Å². The van der Waals surface area contributed by atoms with Crippen LogP contribution in [-0.4, -0.2) is 17.4 Å². The van der Waals surface area contributed by atoms with Gasteiger partial charge in [-0.25, -0.2) is 0 Å². The van der Waals surface area contributed by atoms with Gasteiger partial charge >= 0.3 is 0 Å². The van der Waals surface area contributed by atoms with Crippen molar-refractivity contribution in [2.24, 2.45) is 0 Å². The first-order valence-electron chi connectivity index (χ1n) is 6.97. The van der Waals surface area contributed by atoms with E-state index in [0.29, 0.717) is 12.1 Å². The molecule has 22 heavy (non-hydrogen) atoms. The van der Waals surface area contributed by atoms with Crippen molar-refractivity contribution in [3.05, 3.63) is 91.3 Å². The summed E-state index contributed by atoms with van der Waals surface area (Å²) in [6, 6.07) is 11.4. The number of nitrogens with zero attached hydrogens (tertiary/aromatic N) is 1. The standard InChI is InChI=1S/C19H18N2O/c1-3-5-15(4-2)14-21-19(22)18-8-6-16(7-9-18)17-10-12-20-13-11-17/h3-13H,1-2,14H2,(H,21,22)/b15-5+. The van der Waals surface area contributed by atoms with Crippen LogP contribution in [0.1, 0.15) is 10.4 Å². The minimum Gasteiger partial charge on any atom is -0.348 e. The topological polar surface area (TPSA) is 42.0 Å². The first-order valence-corrected chi connectivity index (χ1v) is 6.97. The molecular weight excluding hydrogens is 272 g/mol. The molecule has 1 aromatic carbocycles. The fourth-order valence-corrected chi connectivity index (χ4v) is 1.99. The molecule has 0 unspecified atom stereocenters. The third kappa shape index (κ3) is 4.03. The number of rotatable bonds is 6. The van der Waals surface area contributed by atoms with Gasteiger partial charge < -0.3 is 5.32 Å². The maximum Gasteiger partial charge on any atom is 0.251 e. The number of pyridine rings is 1. The molecule has 1 heterocycles. The average Bonchev–Trinajstić information content (AvgIpc) is 2.59. The maximum atomic E-state index is 12.1. The third-order valence-corrected chi connectivity index (χ3v) is 3.21. The molecule has 110 valence electrons. The Balaban J connectivity index is 2.04. The second kappa shape index (κ2) is 7.74. The van der Waals surface area contributed by atoms with E-state index in [1.54, 1.807) is 24.5 Å². The van der Waals surface area contributed by atoms with Gasteiger partial charge in [0.2, 0.25) is 0 Å². The third-order valence-electron chi connectivity index (χ3n) is 3.21. The van der Waals surface area contributed by atoms with Gasteiger partial charge in [-0.2, -0.15) is 0 Å². The lowest BCUT2D eigenvalue weighted by atomic mass is 10.0. The van der Waals surface area contributed by atoms with Crippen molar-refractivity contribution >= 4 is 5.91 Å². The lowest BCUT2D eigenvalue weighted by Gasteiger charge is -2.07. The lowest BCUT2D eigenvalue weighted by molar-refractivity contribution is 0.0957. The SMILES string of the molecule is C=C/C=C(\C=C)CNC(=O)c1ccc(-c2ccncc2)cc1. The number of carbonyl (C=O) groups is 1. The number of aromatic nitrogens is 1. The molecule has 0 bridgehead atoms. The predicted molar refractivity (Wildman–Crippen MR) is 90.5 cm³/mol. The largest absolute Gasteiger partial charge is 0.348 e. The second-order valence-electron chi connectivity index (χ2n) is 4.68. The van der Waals surface area contributed by atoms with E-state index in [1.165, 1.54) is 0 Å². The molecule has 0 spiro atoms. The number of allylic oxidation sites excluding steroid dienone is 2. The van der Waals surface area contributed by atoms with E-state index in [-0.39, 0.29) is 5.91 Å². The van der Waals surface area contributed by atoms with Crippen LogP contribution in [0.4, 0.5) is 0 Å². The summed E-state index contributed by atoms with van der Waals surface area (Å²) >= 11 is 0. The molecule has 0 fully saturated rings. The minimum absolute atomic E-state index is 0.113. The average molecular weight is 290 g/mol. The van der Waals surface area contributed by atoms with Gasteiger partial charge in [-0.1, -0.05) is 43.5 Å². The van der Waals surface area contributed by atoms with Crippen LogP contribution < -0.4 is 5.32 Å². The number of hydrogen-bond acceptors (Lipinski definition) is 2. The van der Waals surface area contributed by atoms with Gasteiger partial charge in [-0.05, 0) is 41.0 Å². The molecule has 0 atom stereocenters. The monoisotopic (exact) mass is 290 g/mol. The van der Waals surface area contributed by atoms with Crippen molar-refractivity contribution in [1.29, 1.82) is 0 Å². The Morgan fingerprint density at radius 3 is 2.27 bits per heavy atom. The van der Waals surface area contributed by atoms with Gasteiger partial charge in [0.05, 0.1) is 0 Å². The summed E-state index contributed by atoms with van der Waals surface area (Å²) in [5, 5.41) is 2.86. The zero-order chi connectivity index (χ0) is 15.8. The molecule has 0 aliphatic rings. The summed E-state index contributed by atoms with van der Waals surface area (Å²) in [6.07, 6.45) is 8.69. The first kappa shape index (κ1) is 15.4.